The molecule has 0 aliphatic heterocycles. The maximum atomic E-state index is 13.8. The van der Waals surface area contributed by atoms with Gasteiger partial charge in [-0.1, -0.05) is 17.7 Å². The van der Waals surface area contributed by atoms with Gasteiger partial charge in [0.25, 0.3) is 0 Å². The van der Waals surface area contributed by atoms with E-state index in [0.29, 0.717) is 5.69 Å². The SMILES string of the molecule is NC(CO)c1cncn1-c1cccc(Cl)c1F. The van der Waals surface area contributed by atoms with Crippen molar-refractivity contribution in [2.75, 3.05) is 6.61 Å². The molecule has 1 atom stereocenters. The Morgan fingerprint density at radius 1 is 1.53 bits per heavy atom. The molecular formula is C11H11ClFN3O. The molecule has 1 aromatic carbocycles. The number of aromatic nitrogens is 2. The van der Waals surface area contributed by atoms with Gasteiger partial charge in [0.1, 0.15) is 0 Å². The molecule has 0 radical (unpaired) electrons. The Balaban J connectivity index is 2.54. The maximum Gasteiger partial charge on any atom is 0.165 e. The molecule has 3 N–H and O–H groups in total. The van der Waals surface area contributed by atoms with Crippen LogP contribution in [0.15, 0.2) is 30.7 Å². The first kappa shape index (κ1) is 12.0. The molecule has 0 aliphatic carbocycles. The van der Waals surface area contributed by atoms with Crippen molar-refractivity contribution in [2.45, 2.75) is 6.04 Å². The van der Waals surface area contributed by atoms with Crippen LogP contribution in [0.1, 0.15) is 11.7 Å². The number of nitrogens with zero attached hydrogens (tertiary/aromatic N) is 2. The van der Waals surface area contributed by atoms with Gasteiger partial charge in [0.15, 0.2) is 5.82 Å². The number of benzene rings is 1. The van der Waals surface area contributed by atoms with E-state index in [0.717, 1.165) is 0 Å². The minimum absolute atomic E-state index is 0.0275. The molecular weight excluding hydrogens is 245 g/mol. The lowest BCUT2D eigenvalue weighted by molar-refractivity contribution is 0.265. The van der Waals surface area contributed by atoms with Crippen LogP contribution in [-0.4, -0.2) is 21.3 Å². The van der Waals surface area contributed by atoms with E-state index in [1.54, 1.807) is 12.1 Å². The standard InChI is InChI=1S/C11H11ClFN3O/c12-7-2-1-3-9(11(7)13)16-6-15-4-10(16)8(14)5-17/h1-4,6,8,17H,5,14H2. The van der Waals surface area contributed by atoms with Crippen molar-refractivity contribution in [1.82, 2.24) is 9.55 Å². The molecule has 90 valence electrons. The fourth-order valence-electron chi connectivity index (χ4n) is 1.55. The fourth-order valence-corrected chi connectivity index (χ4v) is 1.72. The van der Waals surface area contributed by atoms with E-state index in [1.165, 1.54) is 23.2 Å². The molecule has 0 amide bonds. The van der Waals surface area contributed by atoms with Gasteiger partial charge in [0, 0.05) is 0 Å². The van der Waals surface area contributed by atoms with Crippen molar-refractivity contribution in [3.8, 4) is 5.69 Å². The molecule has 1 aromatic heterocycles. The van der Waals surface area contributed by atoms with Crippen LogP contribution in [0.25, 0.3) is 5.69 Å². The molecule has 1 unspecified atom stereocenters. The Morgan fingerprint density at radius 2 is 2.29 bits per heavy atom. The highest BCUT2D eigenvalue weighted by molar-refractivity contribution is 6.30. The van der Waals surface area contributed by atoms with Gasteiger partial charge in [-0.15, -0.1) is 0 Å². The second-order valence-corrected chi connectivity index (χ2v) is 3.96. The Bertz CT molecular complexity index is 529. The normalized spacial score (nSPS) is 12.7. The van der Waals surface area contributed by atoms with E-state index in [9.17, 15) is 4.39 Å². The summed E-state index contributed by atoms with van der Waals surface area (Å²) in [5.74, 6) is -0.543. The number of nitrogens with two attached hydrogens (primary N) is 1. The largest absolute Gasteiger partial charge is 0.394 e. The number of imidazole rings is 1. The lowest BCUT2D eigenvalue weighted by Gasteiger charge is -2.13. The maximum absolute atomic E-state index is 13.8. The molecule has 2 rings (SSSR count). The molecule has 1 heterocycles. The number of halogens is 2. The van der Waals surface area contributed by atoms with Crippen LogP contribution in [0.2, 0.25) is 5.02 Å². The number of hydrogen-bond donors (Lipinski definition) is 2. The van der Waals surface area contributed by atoms with Crippen molar-refractivity contribution in [2.24, 2.45) is 5.73 Å². The van der Waals surface area contributed by atoms with E-state index in [1.807, 2.05) is 0 Å². The fraction of sp³-hybridized carbons (Fsp3) is 0.182. The van der Waals surface area contributed by atoms with Crippen LogP contribution >= 0.6 is 11.6 Å². The van der Waals surface area contributed by atoms with Gasteiger partial charge >= 0.3 is 0 Å². The zero-order valence-electron chi connectivity index (χ0n) is 8.85. The van der Waals surface area contributed by atoms with Gasteiger partial charge in [-0.25, -0.2) is 9.37 Å². The summed E-state index contributed by atoms with van der Waals surface area (Å²) in [4.78, 5) is 3.90. The van der Waals surface area contributed by atoms with Crippen molar-refractivity contribution in [3.63, 3.8) is 0 Å². The smallest absolute Gasteiger partial charge is 0.165 e. The third kappa shape index (κ3) is 2.17. The molecule has 17 heavy (non-hydrogen) atoms. The van der Waals surface area contributed by atoms with Crippen LogP contribution in [0, 0.1) is 5.82 Å². The molecule has 2 aromatic rings. The van der Waals surface area contributed by atoms with Gasteiger partial charge in [-0.05, 0) is 12.1 Å². The summed E-state index contributed by atoms with van der Waals surface area (Å²) in [6.45, 7) is -0.242. The topological polar surface area (TPSA) is 64.1 Å². The third-order valence-electron chi connectivity index (χ3n) is 2.43. The average molecular weight is 256 g/mol. The second kappa shape index (κ2) is 4.83. The Kier molecular flexibility index (Phi) is 3.42. The van der Waals surface area contributed by atoms with Gasteiger partial charge < -0.3 is 10.8 Å². The van der Waals surface area contributed by atoms with Crippen molar-refractivity contribution < 1.29 is 9.50 Å². The van der Waals surface area contributed by atoms with Gasteiger partial charge in [0.05, 0.1) is 41.6 Å². The van der Waals surface area contributed by atoms with Gasteiger partial charge in [0.2, 0.25) is 0 Å². The molecule has 0 spiro atoms. The van der Waals surface area contributed by atoms with Crippen molar-refractivity contribution >= 4 is 11.6 Å². The quantitative estimate of drug-likeness (QED) is 0.877. The van der Waals surface area contributed by atoms with Crippen LogP contribution in [0.5, 0.6) is 0 Å². The van der Waals surface area contributed by atoms with E-state index >= 15 is 0 Å². The molecule has 0 fully saturated rings. The van der Waals surface area contributed by atoms with Crippen LogP contribution in [0.4, 0.5) is 4.39 Å². The number of aliphatic hydroxyl groups excluding tert-OH is 1. The van der Waals surface area contributed by atoms with Gasteiger partial charge in [-0.2, -0.15) is 0 Å². The van der Waals surface area contributed by atoms with Gasteiger partial charge in [-0.3, -0.25) is 4.57 Å². The average Bonchev–Trinajstić information content (AvgIpc) is 2.80. The molecule has 0 bridgehead atoms. The van der Waals surface area contributed by atoms with Crippen molar-refractivity contribution in [1.29, 1.82) is 0 Å². The Labute approximate surface area is 102 Å². The first-order valence-electron chi connectivity index (χ1n) is 4.98. The number of hydrogen-bond acceptors (Lipinski definition) is 3. The van der Waals surface area contributed by atoms with Crippen LogP contribution in [-0.2, 0) is 0 Å². The van der Waals surface area contributed by atoms with Crippen LogP contribution < -0.4 is 5.73 Å². The highest BCUT2D eigenvalue weighted by Gasteiger charge is 2.15. The summed E-state index contributed by atoms with van der Waals surface area (Å²) >= 11 is 5.71. The lowest BCUT2D eigenvalue weighted by Crippen LogP contribution is -2.18. The van der Waals surface area contributed by atoms with E-state index in [2.05, 4.69) is 4.98 Å². The minimum atomic E-state index is -0.615. The highest BCUT2D eigenvalue weighted by atomic mass is 35.5. The number of rotatable bonds is 3. The first-order valence-corrected chi connectivity index (χ1v) is 5.36. The summed E-state index contributed by atoms with van der Waals surface area (Å²) in [7, 11) is 0. The van der Waals surface area contributed by atoms with E-state index in [4.69, 9.17) is 22.4 Å². The molecule has 6 heteroatoms. The zero-order valence-corrected chi connectivity index (χ0v) is 9.60. The summed E-state index contributed by atoms with van der Waals surface area (Å²) in [5.41, 5.74) is 6.48. The van der Waals surface area contributed by atoms with Crippen molar-refractivity contribution in [3.05, 3.63) is 47.3 Å². The zero-order chi connectivity index (χ0) is 12.4. The Hall–Kier alpha value is -1.43. The number of aliphatic hydroxyl groups is 1. The molecule has 0 saturated carbocycles. The minimum Gasteiger partial charge on any atom is -0.394 e. The monoisotopic (exact) mass is 255 g/mol. The van der Waals surface area contributed by atoms with E-state index in [-0.39, 0.29) is 17.3 Å². The third-order valence-corrected chi connectivity index (χ3v) is 2.73. The molecule has 0 saturated heterocycles. The molecule has 4 nitrogen and oxygen atoms in total. The highest BCUT2D eigenvalue weighted by Crippen LogP contribution is 2.23. The Morgan fingerprint density at radius 3 is 3.00 bits per heavy atom. The summed E-state index contributed by atoms with van der Waals surface area (Å²) in [5, 5.41) is 9.04. The predicted octanol–water partition coefficient (Wildman–Crippen LogP) is 1.66. The predicted molar refractivity (Wildman–Crippen MR) is 62.5 cm³/mol. The summed E-state index contributed by atoms with van der Waals surface area (Å²) in [6.07, 6.45) is 2.92. The lowest BCUT2D eigenvalue weighted by atomic mass is 10.2. The second-order valence-electron chi connectivity index (χ2n) is 3.55. The molecule has 0 aliphatic rings. The summed E-state index contributed by atoms with van der Waals surface area (Å²) in [6, 6.07) is 4.05. The van der Waals surface area contributed by atoms with Crippen LogP contribution in [0.3, 0.4) is 0 Å². The van der Waals surface area contributed by atoms with E-state index < -0.39 is 11.9 Å². The first-order chi connectivity index (χ1) is 8.15. The summed E-state index contributed by atoms with van der Waals surface area (Å²) < 4.78 is 15.3.